The van der Waals surface area contributed by atoms with Gasteiger partial charge >= 0.3 is 0 Å². The molecule has 2 aliphatic rings. The topological polar surface area (TPSA) is 81.8 Å². The van der Waals surface area contributed by atoms with Crippen molar-refractivity contribution >= 4 is 17.5 Å². The van der Waals surface area contributed by atoms with Gasteiger partial charge in [0.05, 0.1) is 0 Å². The predicted octanol–water partition coefficient (Wildman–Crippen LogP) is 0.487. The highest BCUT2D eigenvalue weighted by atomic mass is 16.5. The number of hydrogen-bond donors (Lipinski definition) is 0. The van der Waals surface area contributed by atoms with Gasteiger partial charge in [0.25, 0.3) is 5.91 Å². The summed E-state index contributed by atoms with van der Waals surface area (Å²) in [6.45, 7) is 8.55. The number of piperazine rings is 2. The Balaban J connectivity index is 1.33. The highest BCUT2D eigenvalue weighted by Gasteiger charge is 2.25. The van der Waals surface area contributed by atoms with Crippen LogP contribution in [0.2, 0.25) is 0 Å². The number of likely N-dealkylation sites (N-methyl/N-ethyl adjacent to an activating group) is 1. The summed E-state index contributed by atoms with van der Waals surface area (Å²) in [6, 6.07) is 5.75. The molecule has 0 aliphatic carbocycles. The molecule has 1 amide bonds. The fourth-order valence-corrected chi connectivity index (χ4v) is 3.46. The minimum Gasteiger partial charge on any atom is -0.361 e. The monoisotopic (exact) mass is 371 g/mol. The maximum atomic E-state index is 12.4. The fourth-order valence-electron chi connectivity index (χ4n) is 3.46. The summed E-state index contributed by atoms with van der Waals surface area (Å²) < 4.78 is 5.00. The molecule has 0 N–H and O–H groups in total. The normalized spacial score (nSPS) is 18.8. The van der Waals surface area contributed by atoms with Crippen molar-refractivity contribution in [1.82, 2.24) is 25.2 Å². The van der Waals surface area contributed by atoms with Crippen molar-refractivity contribution < 1.29 is 9.32 Å². The van der Waals surface area contributed by atoms with Crippen LogP contribution in [0, 0.1) is 6.92 Å². The Morgan fingerprint density at radius 1 is 0.926 bits per heavy atom. The number of anilines is 2. The first-order valence-electron chi connectivity index (χ1n) is 9.35. The second-order valence-electron chi connectivity index (χ2n) is 7.14. The van der Waals surface area contributed by atoms with Gasteiger partial charge in [-0.2, -0.15) is 0 Å². The standard InChI is InChI=1S/C18H25N7O2/c1-14-13-15(21-27-14)18(26)25-11-9-24(10-12-25)17-4-3-16(19-20-17)23-7-5-22(2)6-8-23/h3-4,13H,5-12H2,1-2H3. The van der Waals surface area contributed by atoms with E-state index in [4.69, 9.17) is 4.52 Å². The summed E-state index contributed by atoms with van der Waals surface area (Å²) in [7, 11) is 2.14. The Morgan fingerprint density at radius 3 is 1.96 bits per heavy atom. The molecule has 9 nitrogen and oxygen atoms in total. The summed E-state index contributed by atoms with van der Waals surface area (Å²) in [6.07, 6.45) is 0. The van der Waals surface area contributed by atoms with E-state index in [1.807, 2.05) is 12.1 Å². The van der Waals surface area contributed by atoms with Gasteiger partial charge < -0.3 is 24.1 Å². The zero-order chi connectivity index (χ0) is 18.8. The number of amides is 1. The van der Waals surface area contributed by atoms with Crippen LogP contribution in [0.15, 0.2) is 22.7 Å². The van der Waals surface area contributed by atoms with Gasteiger partial charge in [0.2, 0.25) is 0 Å². The van der Waals surface area contributed by atoms with Crippen LogP contribution in [0.4, 0.5) is 11.6 Å². The van der Waals surface area contributed by atoms with Crippen molar-refractivity contribution in [2.75, 3.05) is 69.2 Å². The molecule has 2 aromatic rings. The van der Waals surface area contributed by atoms with Crippen LogP contribution in [0.3, 0.4) is 0 Å². The third-order valence-electron chi connectivity index (χ3n) is 5.20. The molecule has 2 fully saturated rings. The van der Waals surface area contributed by atoms with E-state index in [1.165, 1.54) is 0 Å². The van der Waals surface area contributed by atoms with Crippen LogP contribution in [0.5, 0.6) is 0 Å². The molecule has 0 spiro atoms. The van der Waals surface area contributed by atoms with Gasteiger partial charge in [-0.15, -0.1) is 10.2 Å². The molecule has 2 aromatic heterocycles. The van der Waals surface area contributed by atoms with Gasteiger partial charge in [-0.1, -0.05) is 5.16 Å². The van der Waals surface area contributed by atoms with E-state index in [0.29, 0.717) is 24.5 Å². The molecule has 0 unspecified atom stereocenters. The van der Waals surface area contributed by atoms with Crippen LogP contribution in [0.25, 0.3) is 0 Å². The van der Waals surface area contributed by atoms with Crippen LogP contribution in [0.1, 0.15) is 16.2 Å². The molecular formula is C18H25N7O2. The van der Waals surface area contributed by atoms with Crippen LogP contribution in [-0.4, -0.2) is 90.5 Å². The Kier molecular flexibility index (Phi) is 4.93. The van der Waals surface area contributed by atoms with Crippen molar-refractivity contribution in [2.24, 2.45) is 0 Å². The van der Waals surface area contributed by atoms with Crippen molar-refractivity contribution in [3.05, 3.63) is 29.7 Å². The molecule has 144 valence electrons. The van der Waals surface area contributed by atoms with E-state index in [2.05, 4.69) is 37.1 Å². The lowest BCUT2D eigenvalue weighted by Crippen LogP contribution is -2.49. The number of carbonyl (C=O) groups excluding carboxylic acids is 1. The minimum atomic E-state index is -0.0806. The molecule has 4 rings (SSSR count). The first kappa shape index (κ1) is 17.7. The second-order valence-corrected chi connectivity index (χ2v) is 7.14. The van der Waals surface area contributed by atoms with Crippen molar-refractivity contribution in [2.45, 2.75) is 6.92 Å². The van der Waals surface area contributed by atoms with E-state index in [1.54, 1.807) is 17.9 Å². The number of aryl methyl sites for hydroxylation is 1. The molecule has 9 heteroatoms. The van der Waals surface area contributed by atoms with Crippen LogP contribution < -0.4 is 9.80 Å². The largest absolute Gasteiger partial charge is 0.361 e. The first-order chi connectivity index (χ1) is 13.1. The fraction of sp³-hybridized carbons (Fsp3) is 0.556. The molecule has 2 aliphatic heterocycles. The smallest absolute Gasteiger partial charge is 0.276 e. The molecule has 0 atom stereocenters. The molecule has 0 saturated carbocycles. The predicted molar refractivity (Wildman–Crippen MR) is 101 cm³/mol. The summed E-state index contributed by atoms with van der Waals surface area (Å²) in [5.74, 6) is 2.36. The highest BCUT2D eigenvalue weighted by molar-refractivity contribution is 5.92. The number of carbonyl (C=O) groups is 1. The molecule has 4 heterocycles. The van der Waals surface area contributed by atoms with Crippen molar-refractivity contribution in [1.29, 1.82) is 0 Å². The SMILES string of the molecule is Cc1cc(C(=O)N2CCN(c3ccc(N4CCN(C)CC4)nn3)CC2)no1. The molecule has 0 bridgehead atoms. The molecular weight excluding hydrogens is 346 g/mol. The van der Waals surface area contributed by atoms with Gasteiger partial charge in [0.15, 0.2) is 17.3 Å². The maximum Gasteiger partial charge on any atom is 0.276 e. The summed E-state index contributed by atoms with van der Waals surface area (Å²) in [4.78, 5) is 21.0. The van der Waals surface area contributed by atoms with E-state index in [9.17, 15) is 4.79 Å². The average molecular weight is 371 g/mol. The number of aromatic nitrogens is 3. The first-order valence-corrected chi connectivity index (χ1v) is 9.35. The second kappa shape index (κ2) is 7.51. The zero-order valence-electron chi connectivity index (χ0n) is 15.8. The highest BCUT2D eigenvalue weighted by Crippen LogP contribution is 2.18. The Morgan fingerprint density at radius 2 is 1.48 bits per heavy atom. The molecule has 27 heavy (non-hydrogen) atoms. The van der Waals surface area contributed by atoms with Gasteiger partial charge in [0.1, 0.15) is 5.76 Å². The Labute approximate surface area is 158 Å². The third kappa shape index (κ3) is 3.87. The van der Waals surface area contributed by atoms with E-state index in [-0.39, 0.29) is 5.91 Å². The molecule has 0 radical (unpaired) electrons. The lowest BCUT2D eigenvalue weighted by atomic mass is 10.2. The molecule has 0 aromatic carbocycles. The summed E-state index contributed by atoms with van der Waals surface area (Å²) >= 11 is 0. The van der Waals surface area contributed by atoms with Gasteiger partial charge in [-0.3, -0.25) is 4.79 Å². The quantitative estimate of drug-likeness (QED) is 0.771. The molecule has 2 saturated heterocycles. The van der Waals surface area contributed by atoms with Crippen molar-refractivity contribution in [3.8, 4) is 0 Å². The maximum absolute atomic E-state index is 12.4. The Bertz CT molecular complexity index is 775. The Hall–Kier alpha value is -2.68. The van der Waals surface area contributed by atoms with Gasteiger partial charge in [-0.05, 0) is 26.1 Å². The average Bonchev–Trinajstić information content (AvgIpc) is 3.15. The zero-order valence-corrected chi connectivity index (χ0v) is 15.8. The van der Waals surface area contributed by atoms with Gasteiger partial charge in [-0.25, -0.2) is 0 Å². The number of rotatable bonds is 3. The third-order valence-corrected chi connectivity index (χ3v) is 5.20. The summed E-state index contributed by atoms with van der Waals surface area (Å²) in [5.41, 5.74) is 0.372. The van der Waals surface area contributed by atoms with Crippen molar-refractivity contribution in [3.63, 3.8) is 0 Å². The minimum absolute atomic E-state index is 0.0806. The summed E-state index contributed by atoms with van der Waals surface area (Å²) in [5, 5.41) is 12.7. The number of nitrogens with zero attached hydrogens (tertiary/aromatic N) is 7. The van der Waals surface area contributed by atoms with Gasteiger partial charge in [0, 0.05) is 58.4 Å². The lowest BCUT2D eigenvalue weighted by Gasteiger charge is -2.35. The van der Waals surface area contributed by atoms with E-state index >= 15 is 0 Å². The van der Waals surface area contributed by atoms with Crippen LogP contribution in [-0.2, 0) is 0 Å². The number of hydrogen-bond acceptors (Lipinski definition) is 8. The van der Waals surface area contributed by atoms with E-state index < -0.39 is 0 Å². The van der Waals surface area contributed by atoms with E-state index in [0.717, 1.165) is 50.9 Å². The lowest BCUT2D eigenvalue weighted by molar-refractivity contribution is 0.0736. The van der Waals surface area contributed by atoms with Crippen LogP contribution >= 0.6 is 0 Å².